The highest BCUT2D eigenvalue weighted by Crippen LogP contribution is 2.46. The van der Waals surface area contributed by atoms with E-state index in [1.165, 1.54) is 54.9 Å². The third kappa shape index (κ3) is 5.05. The second-order valence-electron chi connectivity index (χ2n) is 11.4. The Kier molecular flexibility index (Phi) is 6.90. The van der Waals surface area contributed by atoms with E-state index in [-0.39, 0.29) is 0 Å². The van der Waals surface area contributed by atoms with Gasteiger partial charge in [-0.1, -0.05) is 158 Å². The Morgan fingerprint density at radius 1 is 0.289 bits per heavy atom. The third-order valence-corrected chi connectivity index (χ3v) is 8.65. The van der Waals surface area contributed by atoms with E-state index < -0.39 is 0 Å². The second kappa shape index (κ2) is 11.6. The van der Waals surface area contributed by atoms with E-state index in [0.717, 1.165) is 17.1 Å². The van der Waals surface area contributed by atoms with Crippen LogP contribution in [0, 0.1) is 0 Å². The van der Waals surface area contributed by atoms with Crippen LogP contribution in [0.15, 0.2) is 188 Å². The highest BCUT2D eigenvalue weighted by atomic mass is 15.1. The van der Waals surface area contributed by atoms with E-state index in [1.54, 1.807) is 0 Å². The van der Waals surface area contributed by atoms with E-state index in [1.807, 2.05) is 0 Å². The lowest BCUT2D eigenvalue weighted by molar-refractivity contribution is 1.30. The van der Waals surface area contributed by atoms with Crippen LogP contribution in [-0.2, 0) is 0 Å². The fourth-order valence-electron chi connectivity index (χ4n) is 6.48. The fraction of sp³-hybridized carbons (Fsp3) is 0. The Labute approximate surface area is 264 Å². The molecule has 0 saturated heterocycles. The maximum Gasteiger partial charge on any atom is 0.0546 e. The van der Waals surface area contributed by atoms with Gasteiger partial charge in [-0.2, -0.15) is 0 Å². The first-order chi connectivity index (χ1) is 22.3. The smallest absolute Gasteiger partial charge is 0.0546 e. The minimum atomic E-state index is 1.11. The van der Waals surface area contributed by atoms with Gasteiger partial charge in [0.1, 0.15) is 0 Å². The normalized spacial score (nSPS) is 11.1. The zero-order valence-corrected chi connectivity index (χ0v) is 24.8. The van der Waals surface area contributed by atoms with Gasteiger partial charge in [0.25, 0.3) is 0 Å². The van der Waals surface area contributed by atoms with Crippen LogP contribution in [0.25, 0.3) is 54.9 Å². The number of nitrogens with zero attached hydrogens (tertiary/aromatic N) is 1. The molecule has 0 fully saturated rings. The first-order valence-electron chi connectivity index (χ1n) is 15.4. The zero-order chi connectivity index (χ0) is 30.0. The van der Waals surface area contributed by atoms with Crippen LogP contribution in [0.3, 0.4) is 0 Å². The first kappa shape index (κ1) is 26.7. The van der Waals surface area contributed by atoms with Crippen LogP contribution in [0.1, 0.15) is 0 Å². The monoisotopic (exact) mass is 573 g/mol. The van der Waals surface area contributed by atoms with Crippen LogP contribution in [0.4, 0.5) is 17.1 Å². The summed E-state index contributed by atoms with van der Waals surface area (Å²) in [5, 5.41) is 4.93. The zero-order valence-electron chi connectivity index (χ0n) is 24.8. The van der Waals surface area contributed by atoms with Gasteiger partial charge in [-0.15, -0.1) is 0 Å². The molecule has 0 aliphatic heterocycles. The molecule has 1 heteroatoms. The summed E-state index contributed by atoms with van der Waals surface area (Å²) in [6.07, 6.45) is 0. The minimum Gasteiger partial charge on any atom is -0.309 e. The molecule has 8 aromatic carbocycles. The molecule has 0 atom stereocenters. The summed E-state index contributed by atoms with van der Waals surface area (Å²) in [6, 6.07) is 67.7. The first-order valence-corrected chi connectivity index (χ1v) is 15.4. The molecule has 8 aromatic rings. The molecular weight excluding hydrogens is 542 g/mol. The van der Waals surface area contributed by atoms with Crippen molar-refractivity contribution in [1.29, 1.82) is 0 Å². The molecule has 0 spiro atoms. The van der Waals surface area contributed by atoms with Crippen LogP contribution >= 0.6 is 0 Å². The van der Waals surface area contributed by atoms with Crippen molar-refractivity contribution < 1.29 is 0 Å². The molecule has 0 unspecified atom stereocenters. The number of fused-ring (bicyclic) bond motifs is 2. The maximum absolute atomic E-state index is 2.43. The topological polar surface area (TPSA) is 3.24 Å². The van der Waals surface area contributed by atoms with Crippen LogP contribution in [-0.4, -0.2) is 0 Å². The summed E-state index contributed by atoms with van der Waals surface area (Å²) in [5.41, 5.74) is 10.6. The quantitative estimate of drug-likeness (QED) is 0.191. The lowest BCUT2D eigenvalue weighted by Crippen LogP contribution is -2.12. The molecule has 8 rings (SSSR count). The molecule has 0 heterocycles. The summed E-state index contributed by atoms with van der Waals surface area (Å²) in [5.74, 6) is 0. The van der Waals surface area contributed by atoms with Gasteiger partial charge in [-0.25, -0.2) is 0 Å². The van der Waals surface area contributed by atoms with Crippen molar-refractivity contribution in [2.75, 3.05) is 4.90 Å². The Balaban J connectivity index is 1.38. The molecule has 0 bridgehead atoms. The number of anilines is 3. The van der Waals surface area contributed by atoms with Crippen molar-refractivity contribution in [3.8, 4) is 33.4 Å². The lowest BCUT2D eigenvalue weighted by Gasteiger charge is -2.30. The largest absolute Gasteiger partial charge is 0.309 e. The Hall–Kier alpha value is -5.92. The molecule has 0 radical (unpaired) electrons. The molecule has 212 valence electrons. The summed E-state index contributed by atoms with van der Waals surface area (Å²) < 4.78 is 0. The van der Waals surface area contributed by atoms with Crippen molar-refractivity contribution in [3.05, 3.63) is 188 Å². The van der Waals surface area contributed by atoms with Crippen LogP contribution in [0.5, 0.6) is 0 Å². The fourth-order valence-corrected chi connectivity index (χ4v) is 6.48. The SMILES string of the molecule is c1ccc(-c2ccc(N(c3ccccc3-c3ccccc3)c3cccc4cccc(-c5ccc6ccccc6c5)c34)cc2)cc1. The highest BCUT2D eigenvalue weighted by molar-refractivity contribution is 6.09. The number of rotatable bonds is 6. The average Bonchev–Trinajstić information content (AvgIpc) is 3.12. The molecule has 45 heavy (non-hydrogen) atoms. The number of benzene rings is 8. The maximum atomic E-state index is 2.43. The van der Waals surface area contributed by atoms with Crippen molar-refractivity contribution in [1.82, 2.24) is 0 Å². The predicted molar refractivity (Wildman–Crippen MR) is 192 cm³/mol. The van der Waals surface area contributed by atoms with E-state index in [4.69, 9.17) is 0 Å². The van der Waals surface area contributed by atoms with Gasteiger partial charge >= 0.3 is 0 Å². The van der Waals surface area contributed by atoms with Crippen molar-refractivity contribution in [2.45, 2.75) is 0 Å². The second-order valence-corrected chi connectivity index (χ2v) is 11.4. The van der Waals surface area contributed by atoms with Gasteiger partial charge in [-0.05, 0) is 74.3 Å². The molecule has 0 aliphatic rings. The Morgan fingerprint density at radius 3 is 1.60 bits per heavy atom. The summed E-state index contributed by atoms with van der Waals surface area (Å²) in [6.45, 7) is 0. The lowest BCUT2D eigenvalue weighted by atomic mass is 9.94. The van der Waals surface area contributed by atoms with E-state index in [0.29, 0.717) is 0 Å². The van der Waals surface area contributed by atoms with Gasteiger partial charge < -0.3 is 4.90 Å². The van der Waals surface area contributed by atoms with E-state index in [9.17, 15) is 0 Å². The third-order valence-electron chi connectivity index (χ3n) is 8.65. The van der Waals surface area contributed by atoms with Gasteiger partial charge in [0, 0.05) is 16.6 Å². The summed E-state index contributed by atoms with van der Waals surface area (Å²) >= 11 is 0. The standard InChI is InChI=1S/C44H31N/c1-3-13-32(14-4-1)34-27-29-39(30-28-34)45(42-23-10-9-21-40(42)35-16-5-2-6-17-35)43-24-12-20-36-19-11-22-41(44(36)43)38-26-25-33-15-7-8-18-37(33)31-38/h1-31H. The molecule has 0 aliphatic carbocycles. The van der Waals surface area contributed by atoms with Crippen molar-refractivity contribution >= 4 is 38.6 Å². The van der Waals surface area contributed by atoms with E-state index >= 15 is 0 Å². The van der Waals surface area contributed by atoms with Crippen LogP contribution in [0.2, 0.25) is 0 Å². The Morgan fingerprint density at radius 2 is 0.822 bits per heavy atom. The molecular formula is C44H31N. The summed E-state index contributed by atoms with van der Waals surface area (Å²) in [4.78, 5) is 2.43. The van der Waals surface area contributed by atoms with Crippen LogP contribution < -0.4 is 4.90 Å². The molecule has 0 amide bonds. The van der Waals surface area contributed by atoms with Gasteiger partial charge in [0.15, 0.2) is 0 Å². The van der Waals surface area contributed by atoms with Gasteiger partial charge in [-0.3, -0.25) is 0 Å². The van der Waals surface area contributed by atoms with Gasteiger partial charge in [0.2, 0.25) is 0 Å². The molecule has 1 nitrogen and oxygen atoms in total. The number of hydrogen-bond acceptors (Lipinski definition) is 1. The molecule has 0 saturated carbocycles. The van der Waals surface area contributed by atoms with Gasteiger partial charge in [0.05, 0.1) is 11.4 Å². The number of para-hydroxylation sites is 1. The summed E-state index contributed by atoms with van der Waals surface area (Å²) in [7, 11) is 0. The Bertz CT molecular complexity index is 2250. The molecule has 0 N–H and O–H groups in total. The average molecular weight is 574 g/mol. The van der Waals surface area contributed by atoms with Crippen molar-refractivity contribution in [2.24, 2.45) is 0 Å². The van der Waals surface area contributed by atoms with E-state index in [2.05, 4.69) is 193 Å². The highest BCUT2D eigenvalue weighted by Gasteiger charge is 2.21. The minimum absolute atomic E-state index is 1.11. The predicted octanol–water partition coefficient (Wildman–Crippen LogP) is 12.5. The number of hydrogen-bond donors (Lipinski definition) is 0. The molecule has 0 aromatic heterocycles. The van der Waals surface area contributed by atoms with Crippen molar-refractivity contribution in [3.63, 3.8) is 0 Å².